The lowest BCUT2D eigenvalue weighted by Gasteiger charge is -2.05. The summed E-state index contributed by atoms with van der Waals surface area (Å²) in [5.41, 5.74) is 0.397. The van der Waals surface area contributed by atoms with E-state index in [1.54, 1.807) is 12.3 Å². The van der Waals surface area contributed by atoms with Crippen molar-refractivity contribution in [2.75, 3.05) is 0 Å². The molecular weight excluding hydrogens is 304 g/mol. The Bertz CT molecular complexity index is 1050. The fourth-order valence-electron chi connectivity index (χ4n) is 2.52. The number of benzene rings is 1. The van der Waals surface area contributed by atoms with Crippen LogP contribution >= 0.6 is 0 Å². The molecule has 4 rings (SSSR count). The molecule has 0 bridgehead atoms. The lowest BCUT2D eigenvalue weighted by Crippen LogP contribution is -2.06. The molecule has 4 aromatic rings. The van der Waals surface area contributed by atoms with Gasteiger partial charge < -0.3 is 4.98 Å². The zero-order valence-electron chi connectivity index (χ0n) is 11.5. The number of pyridine rings is 1. The zero-order valence-corrected chi connectivity index (χ0v) is 11.5. The molecule has 0 radical (unpaired) electrons. The number of fused-ring (bicyclic) bond motifs is 1. The van der Waals surface area contributed by atoms with Crippen LogP contribution in [0.25, 0.3) is 27.8 Å². The molecule has 0 amide bonds. The van der Waals surface area contributed by atoms with Crippen molar-refractivity contribution in [3.8, 4) is 16.9 Å². The van der Waals surface area contributed by atoms with E-state index in [1.807, 2.05) is 0 Å². The summed E-state index contributed by atoms with van der Waals surface area (Å²) in [6, 6.07) is 5.08. The molecule has 0 aliphatic carbocycles. The van der Waals surface area contributed by atoms with Gasteiger partial charge in [-0.1, -0.05) is 6.07 Å². The second-order valence-corrected chi connectivity index (χ2v) is 4.88. The molecule has 23 heavy (non-hydrogen) atoms. The molecule has 0 saturated carbocycles. The van der Waals surface area contributed by atoms with Crippen LogP contribution in [0.3, 0.4) is 0 Å². The summed E-state index contributed by atoms with van der Waals surface area (Å²) in [6.45, 7) is 0. The fourth-order valence-corrected chi connectivity index (χ4v) is 2.52. The number of nitrogens with zero attached hydrogens (tertiary/aromatic N) is 3. The molecule has 0 aliphatic rings. The minimum absolute atomic E-state index is 0.233. The van der Waals surface area contributed by atoms with Crippen molar-refractivity contribution in [3.63, 3.8) is 0 Å². The van der Waals surface area contributed by atoms with Gasteiger partial charge in [-0.05, 0) is 18.2 Å². The zero-order chi connectivity index (χ0) is 16.0. The van der Waals surface area contributed by atoms with Crippen molar-refractivity contribution in [2.45, 2.75) is 0 Å². The molecule has 3 heterocycles. The van der Waals surface area contributed by atoms with Gasteiger partial charge in [-0.25, -0.2) is 13.5 Å². The van der Waals surface area contributed by atoms with E-state index in [-0.39, 0.29) is 11.1 Å². The lowest BCUT2D eigenvalue weighted by molar-refractivity contribution is 0.563. The van der Waals surface area contributed by atoms with Crippen molar-refractivity contribution in [1.29, 1.82) is 0 Å². The van der Waals surface area contributed by atoms with Gasteiger partial charge >= 0.3 is 0 Å². The van der Waals surface area contributed by atoms with E-state index in [2.05, 4.69) is 20.3 Å². The highest BCUT2D eigenvalue weighted by Gasteiger charge is 2.20. The van der Waals surface area contributed by atoms with Gasteiger partial charge in [-0.3, -0.25) is 9.89 Å². The van der Waals surface area contributed by atoms with Gasteiger partial charge in [0, 0.05) is 18.0 Å². The van der Waals surface area contributed by atoms with Crippen LogP contribution in [-0.2, 0) is 0 Å². The van der Waals surface area contributed by atoms with Crippen LogP contribution in [0.2, 0.25) is 0 Å². The number of hydrogen-bond donors (Lipinski definition) is 2. The smallest absolute Gasteiger partial charge is 0.259 e. The van der Waals surface area contributed by atoms with Gasteiger partial charge in [-0.15, -0.1) is 0 Å². The number of halogens is 2. The summed E-state index contributed by atoms with van der Waals surface area (Å²) in [6.07, 6.45) is 4.44. The Morgan fingerprint density at radius 2 is 1.91 bits per heavy atom. The summed E-state index contributed by atoms with van der Waals surface area (Å²) in [7, 11) is 0. The normalized spacial score (nSPS) is 11.2. The van der Waals surface area contributed by atoms with Gasteiger partial charge in [0.15, 0.2) is 11.6 Å². The predicted molar refractivity (Wildman–Crippen MR) is 79.2 cm³/mol. The minimum Gasteiger partial charge on any atom is -0.328 e. The van der Waals surface area contributed by atoms with E-state index >= 15 is 0 Å². The average Bonchev–Trinajstić information content (AvgIpc) is 3.15. The highest BCUT2D eigenvalue weighted by Crippen LogP contribution is 2.28. The maximum absolute atomic E-state index is 14.1. The number of aromatic amines is 2. The van der Waals surface area contributed by atoms with Crippen LogP contribution < -0.4 is 5.56 Å². The number of hydrogen-bond acceptors (Lipinski definition) is 3. The van der Waals surface area contributed by atoms with Crippen molar-refractivity contribution >= 4 is 10.9 Å². The molecule has 1 aromatic carbocycles. The lowest BCUT2D eigenvalue weighted by atomic mass is 10.2. The third-order valence-electron chi connectivity index (χ3n) is 3.52. The van der Waals surface area contributed by atoms with Crippen LogP contribution in [-0.4, -0.2) is 25.0 Å². The summed E-state index contributed by atoms with van der Waals surface area (Å²) < 4.78 is 29.3. The fraction of sp³-hybridized carbons (Fsp3) is 0. The molecule has 2 N–H and O–H groups in total. The summed E-state index contributed by atoms with van der Waals surface area (Å²) >= 11 is 0. The molecule has 8 heteroatoms. The van der Waals surface area contributed by atoms with E-state index < -0.39 is 17.2 Å². The van der Waals surface area contributed by atoms with E-state index in [4.69, 9.17) is 0 Å². The Balaban J connectivity index is 2.14. The molecule has 0 unspecified atom stereocenters. The second-order valence-electron chi connectivity index (χ2n) is 4.88. The van der Waals surface area contributed by atoms with Crippen LogP contribution in [0.4, 0.5) is 8.78 Å². The van der Waals surface area contributed by atoms with Crippen LogP contribution in [0, 0.1) is 11.6 Å². The molecule has 0 atom stereocenters. The maximum atomic E-state index is 14.1. The topological polar surface area (TPSA) is 79.4 Å². The highest BCUT2D eigenvalue weighted by atomic mass is 19.1. The summed E-state index contributed by atoms with van der Waals surface area (Å²) in [5.74, 6) is -1.54. The first-order chi connectivity index (χ1) is 11.2. The number of para-hydroxylation sites is 1. The monoisotopic (exact) mass is 313 g/mol. The van der Waals surface area contributed by atoms with Crippen LogP contribution in [0.1, 0.15) is 0 Å². The Labute approximate surface area is 127 Å². The van der Waals surface area contributed by atoms with Gasteiger partial charge in [0.1, 0.15) is 11.4 Å². The van der Waals surface area contributed by atoms with Gasteiger partial charge in [0.2, 0.25) is 0 Å². The van der Waals surface area contributed by atoms with Crippen molar-refractivity contribution in [2.24, 2.45) is 0 Å². The average molecular weight is 313 g/mol. The maximum Gasteiger partial charge on any atom is 0.259 e. The van der Waals surface area contributed by atoms with Crippen molar-refractivity contribution < 1.29 is 8.78 Å². The van der Waals surface area contributed by atoms with E-state index in [0.717, 1.165) is 16.8 Å². The van der Waals surface area contributed by atoms with E-state index in [0.29, 0.717) is 16.8 Å². The van der Waals surface area contributed by atoms with E-state index in [1.165, 1.54) is 18.5 Å². The molecule has 114 valence electrons. The first-order valence-corrected chi connectivity index (χ1v) is 6.71. The standard InChI is InChI=1S/C15H9F2N5O/c16-9-2-1-3-10(17)14(9)22-11-4-5-18-15(23)12(11)13(21-22)8-6-19-20-7-8/h1-7H,(H,18,23)(H,19,20). The van der Waals surface area contributed by atoms with Gasteiger partial charge in [0.25, 0.3) is 5.56 Å². The molecule has 0 fully saturated rings. The Morgan fingerprint density at radius 1 is 1.13 bits per heavy atom. The summed E-state index contributed by atoms with van der Waals surface area (Å²) in [5, 5.41) is 10.9. The molecule has 0 aliphatic heterocycles. The van der Waals surface area contributed by atoms with Crippen LogP contribution in [0.5, 0.6) is 0 Å². The molecule has 0 spiro atoms. The van der Waals surface area contributed by atoms with Gasteiger partial charge in [0.05, 0.1) is 17.1 Å². The SMILES string of the molecule is O=c1[nH]ccc2c1c(-c1cn[nH]c1)nn2-c1c(F)cccc1F. The quantitative estimate of drug-likeness (QED) is 0.596. The van der Waals surface area contributed by atoms with Crippen molar-refractivity contribution in [1.82, 2.24) is 25.0 Å². The number of rotatable bonds is 2. The third-order valence-corrected chi connectivity index (χ3v) is 3.52. The minimum atomic E-state index is -0.770. The Hall–Kier alpha value is -3.29. The number of H-pyrrole nitrogens is 2. The molecule has 3 aromatic heterocycles. The predicted octanol–water partition coefficient (Wildman–Crippen LogP) is 2.38. The third kappa shape index (κ3) is 1.95. The molecule has 6 nitrogen and oxygen atoms in total. The van der Waals surface area contributed by atoms with E-state index in [9.17, 15) is 13.6 Å². The number of aromatic nitrogens is 5. The van der Waals surface area contributed by atoms with Crippen molar-refractivity contribution in [3.05, 3.63) is 64.8 Å². The van der Waals surface area contributed by atoms with Crippen LogP contribution in [0.15, 0.2) is 47.7 Å². The Kier molecular flexibility index (Phi) is 2.83. The first kappa shape index (κ1) is 13.4. The first-order valence-electron chi connectivity index (χ1n) is 6.71. The highest BCUT2D eigenvalue weighted by molar-refractivity contribution is 5.93. The molecule has 0 saturated heterocycles. The second kappa shape index (κ2) is 4.87. The largest absolute Gasteiger partial charge is 0.328 e. The Morgan fingerprint density at radius 3 is 2.61 bits per heavy atom. The molecular formula is C15H9F2N5O. The summed E-state index contributed by atoms with van der Waals surface area (Å²) in [4.78, 5) is 14.7. The number of nitrogens with one attached hydrogen (secondary N) is 2. The van der Waals surface area contributed by atoms with Gasteiger partial charge in [-0.2, -0.15) is 10.2 Å².